The molecule has 1 heterocycles. The van der Waals surface area contributed by atoms with Gasteiger partial charge in [0.15, 0.2) is 5.16 Å². The number of nitrogens with one attached hydrogen (secondary N) is 1. The van der Waals surface area contributed by atoms with Crippen LogP contribution in [0.3, 0.4) is 0 Å². The molecule has 0 aromatic carbocycles. The summed E-state index contributed by atoms with van der Waals surface area (Å²) in [5, 5.41) is 9.30. The molecule has 0 spiro atoms. The molecule has 0 bridgehead atoms. The van der Waals surface area contributed by atoms with E-state index in [1.165, 1.54) is 11.8 Å². The molecule has 0 unspecified atom stereocenters. The summed E-state index contributed by atoms with van der Waals surface area (Å²) in [6.07, 6.45) is 2.51. The minimum Gasteiger partial charge on any atom is -0.345 e. The fourth-order valence-corrected chi connectivity index (χ4v) is 2.52. The van der Waals surface area contributed by atoms with Crippen LogP contribution in [0.4, 0.5) is 0 Å². The Morgan fingerprint density at radius 2 is 2.19 bits per heavy atom. The van der Waals surface area contributed by atoms with Gasteiger partial charge >= 0.3 is 0 Å². The van der Waals surface area contributed by atoms with Crippen molar-refractivity contribution >= 4 is 17.7 Å². The van der Waals surface area contributed by atoms with Crippen LogP contribution in [0.15, 0.2) is 9.95 Å². The van der Waals surface area contributed by atoms with Gasteiger partial charge in [0.1, 0.15) is 11.6 Å². The lowest BCUT2D eigenvalue weighted by atomic mass is 10.2. The maximum Gasteiger partial charge on any atom is 0.269 e. The van der Waals surface area contributed by atoms with Crippen LogP contribution in [0.2, 0.25) is 0 Å². The summed E-state index contributed by atoms with van der Waals surface area (Å²) < 4.78 is 0. The first-order chi connectivity index (χ1) is 10.0. The molecular weight excluding hydrogens is 288 g/mol. The molecule has 0 saturated carbocycles. The van der Waals surface area contributed by atoms with Gasteiger partial charge in [-0.2, -0.15) is 5.26 Å². The molecular formula is C14H20N4O2S. The molecule has 1 amide bonds. The lowest BCUT2D eigenvalue weighted by Crippen LogP contribution is -2.29. The number of H-pyrrole nitrogens is 1. The second kappa shape index (κ2) is 8.47. The maximum atomic E-state index is 11.9. The lowest BCUT2D eigenvalue weighted by Gasteiger charge is -2.16. The van der Waals surface area contributed by atoms with Crippen LogP contribution in [0, 0.1) is 11.3 Å². The van der Waals surface area contributed by atoms with Gasteiger partial charge in [0.05, 0.1) is 11.4 Å². The van der Waals surface area contributed by atoms with E-state index in [9.17, 15) is 9.59 Å². The quantitative estimate of drug-likeness (QED) is 0.610. The van der Waals surface area contributed by atoms with E-state index in [0.29, 0.717) is 17.3 Å². The Morgan fingerprint density at radius 1 is 1.48 bits per heavy atom. The Hall–Kier alpha value is -1.81. The maximum absolute atomic E-state index is 11.9. The lowest BCUT2D eigenvalue weighted by molar-refractivity contribution is -0.127. The second-order valence-electron chi connectivity index (χ2n) is 4.62. The molecule has 0 aliphatic heterocycles. The molecule has 7 heteroatoms. The number of nitriles is 1. The van der Waals surface area contributed by atoms with E-state index >= 15 is 0 Å². The van der Waals surface area contributed by atoms with Crippen LogP contribution in [-0.2, 0) is 11.2 Å². The zero-order chi connectivity index (χ0) is 15.8. The number of aryl methyl sites for hydroxylation is 1. The van der Waals surface area contributed by atoms with Gasteiger partial charge in [-0.15, -0.1) is 0 Å². The molecule has 0 saturated heterocycles. The average Bonchev–Trinajstić information content (AvgIpc) is 2.49. The minimum absolute atomic E-state index is 0.00138. The number of aromatic amines is 1. The number of thioether (sulfide) groups is 1. The van der Waals surface area contributed by atoms with Crippen molar-refractivity contribution in [3.05, 3.63) is 21.6 Å². The van der Waals surface area contributed by atoms with E-state index in [1.54, 1.807) is 11.9 Å². The fourth-order valence-electron chi connectivity index (χ4n) is 1.70. The summed E-state index contributed by atoms with van der Waals surface area (Å²) >= 11 is 1.19. The van der Waals surface area contributed by atoms with E-state index < -0.39 is 5.56 Å². The third-order valence-electron chi connectivity index (χ3n) is 3.02. The molecule has 0 aliphatic rings. The summed E-state index contributed by atoms with van der Waals surface area (Å²) in [4.78, 5) is 32.1. The number of unbranched alkanes of at least 4 members (excludes halogenated alkanes) is 1. The second-order valence-corrected chi connectivity index (χ2v) is 5.58. The highest BCUT2D eigenvalue weighted by Gasteiger charge is 2.13. The van der Waals surface area contributed by atoms with Gasteiger partial charge in [-0.1, -0.05) is 32.0 Å². The first-order valence-electron chi connectivity index (χ1n) is 6.93. The molecule has 6 nitrogen and oxygen atoms in total. The highest BCUT2D eigenvalue weighted by atomic mass is 32.2. The van der Waals surface area contributed by atoms with Gasteiger partial charge in [0.2, 0.25) is 5.91 Å². The van der Waals surface area contributed by atoms with Crippen molar-refractivity contribution in [2.45, 2.75) is 38.3 Å². The highest BCUT2D eigenvalue weighted by molar-refractivity contribution is 7.99. The zero-order valence-corrected chi connectivity index (χ0v) is 13.4. The van der Waals surface area contributed by atoms with E-state index in [1.807, 2.05) is 13.0 Å². The predicted molar refractivity (Wildman–Crippen MR) is 82.2 cm³/mol. The third kappa shape index (κ3) is 4.90. The molecule has 0 atom stereocenters. The molecule has 1 aromatic rings. The number of carbonyl (C=O) groups excluding carboxylic acids is 1. The third-order valence-corrected chi connectivity index (χ3v) is 3.88. The molecule has 1 aromatic heterocycles. The van der Waals surface area contributed by atoms with Crippen molar-refractivity contribution in [2.75, 3.05) is 19.3 Å². The van der Waals surface area contributed by atoms with E-state index in [-0.39, 0.29) is 17.2 Å². The van der Waals surface area contributed by atoms with Crippen molar-refractivity contribution in [2.24, 2.45) is 0 Å². The normalized spacial score (nSPS) is 10.2. The van der Waals surface area contributed by atoms with Gasteiger partial charge in [-0.05, 0) is 12.8 Å². The van der Waals surface area contributed by atoms with Gasteiger partial charge in [0.25, 0.3) is 5.56 Å². The highest BCUT2D eigenvalue weighted by Crippen LogP contribution is 2.13. The largest absolute Gasteiger partial charge is 0.345 e. The molecule has 114 valence electrons. The van der Waals surface area contributed by atoms with E-state index in [4.69, 9.17) is 5.26 Å². The number of hydrogen-bond donors (Lipinski definition) is 1. The topological polar surface area (TPSA) is 89.8 Å². The summed E-state index contributed by atoms with van der Waals surface area (Å²) in [7, 11) is 1.77. The zero-order valence-electron chi connectivity index (χ0n) is 12.6. The Balaban J connectivity index is 2.72. The number of aromatic nitrogens is 2. The average molecular weight is 308 g/mol. The van der Waals surface area contributed by atoms with Crippen molar-refractivity contribution in [3.8, 4) is 6.07 Å². The Kier molecular flexibility index (Phi) is 6.96. The number of rotatable bonds is 7. The van der Waals surface area contributed by atoms with Gasteiger partial charge < -0.3 is 9.88 Å². The molecule has 0 aliphatic carbocycles. The van der Waals surface area contributed by atoms with Gasteiger partial charge in [0, 0.05) is 13.6 Å². The van der Waals surface area contributed by atoms with Crippen LogP contribution < -0.4 is 5.56 Å². The minimum atomic E-state index is -0.446. The summed E-state index contributed by atoms with van der Waals surface area (Å²) in [5.41, 5.74) is 0.0717. The smallest absolute Gasteiger partial charge is 0.269 e. The number of amides is 1. The molecule has 0 radical (unpaired) electrons. The monoisotopic (exact) mass is 308 g/mol. The van der Waals surface area contributed by atoms with Crippen molar-refractivity contribution in [1.29, 1.82) is 5.26 Å². The predicted octanol–water partition coefficient (Wildman–Crippen LogP) is 1.55. The van der Waals surface area contributed by atoms with Crippen LogP contribution in [0.5, 0.6) is 0 Å². The summed E-state index contributed by atoms with van der Waals surface area (Å²) in [5.74, 6) is 0.219. The number of hydrogen-bond acceptors (Lipinski definition) is 5. The van der Waals surface area contributed by atoms with E-state index in [0.717, 1.165) is 19.4 Å². The van der Waals surface area contributed by atoms with Crippen LogP contribution in [0.25, 0.3) is 0 Å². The Labute approximate surface area is 128 Å². The van der Waals surface area contributed by atoms with Gasteiger partial charge in [-0.25, -0.2) is 4.98 Å². The van der Waals surface area contributed by atoms with Crippen molar-refractivity contribution in [3.63, 3.8) is 0 Å². The van der Waals surface area contributed by atoms with Crippen LogP contribution in [0.1, 0.15) is 37.9 Å². The van der Waals surface area contributed by atoms with E-state index in [2.05, 4.69) is 16.9 Å². The fraction of sp³-hybridized carbons (Fsp3) is 0.571. The van der Waals surface area contributed by atoms with Crippen LogP contribution >= 0.6 is 11.8 Å². The Bertz CT molecular complexity index is 592. The summed E-state index contributed by atoms with van der Waals surface area (Å²) in [6, 6.07) is 1.86. The molecule has 21 heavy (non-hydrogen) atoms. The van der Waals surface area contributed by atoms with Crippen molar-refractivity contribution < 1.29 is 4.79 Å². The standard InChI is InChI=1S/C14H20N4O2S/c1-4-6-7-18(3)12(19)9-21-14-16-11(5-2)10(8-15)13(20)17-14/h4-7,9H2,1-3H3,(H,16,17,20). The Morgan fingerprint density at radius 3 is 2.76 bits per heavy atom. The van der Waals surface area contributed by atoms with Crippen molar-refractivity contribution in [1.82, 2.24) is 14.9 Å². The SMILES string of the molecule is CCCCN(C)C(=O)CSc1nc(CC)c(C#N)c(=O)[nH]1. The van der Waals surface area contributed by atoms with Gasteiger partial charge in [-0.3, -0.25) is 9.59 Å². The molecule has 1 rings (SSSR count). The van der Waals surface area contributed by atoms with Crippen LogP contribution in [-0.4, -0.2) is 40.1 Å². The number of carbonyl (C=O) groups is 1. The number of nitrogens with zero attached hydrogens (tertiary/aromatic N) is 3. The molecule has 1 N–H and O–H groups in total. The molecule has 0 fully saturated rings. The summed E-state index contributed by atoms with van der Waals surface area (Å²) in [6.45, 7) is 4.64. The first kappa shape index (κ1) is 17.2. The first-order valence-corrected chi connectivity index (χ1v) is 7.92.